The summed E-state index contributed by atoms with van der Waals surface area (Å²) in [5.41, 5.74) is 0.429. The normalized spacial score (nSPS) is 11.3. The van der Waals surface area contributed by atoms with Gasteiger partial charge in [0.05, 0.1) is 10.7 Å². The molecule has 0 spiro atoms. The first kappa shape index (κ1) is 12.6. The summed E-state index contributed by atoms with van der Waals surface area (Å²) in [5.74, 6) is -0.208. The van der Waals surface area contributed by atoms with Crippen LogP contribution in [0.25, 0.3) is 0 Å². The van der Waals surface area contributed by atoms with E-state index in [2.05, 4.69) is 11.6 Å². The van der Waals surface area contributed by atoms with Crippen LogP contribution in [-0.4, -0.2) is 19.9 Å². The molecule has 0 aliphatic carbocycles. The second-order valence-electron chi connectivity index (χ2n) is 3.08. The Morgan fingerprint density at radius 3 is 2.31 bits per heavy atom. The van der Waals surface area contributed by atoms with Crippen molar-refractivity contribution in [3.05, 3.63) is 46.9 Å². The van der Waals surface area contributed by atoms with Crippen LogP contribution in [0.3, 0.4) is 0 Å². The highest BCUT2D eigenvalue weighted by Gasteiger charge is 2.11. The fourth-order valence-electron chi connectivity index (χ4n) is 1.14. The molecule has 7 heteroatoms. The summed E-state index contributed by atoms with van der Waals surface area (Å²) in [5, 5.41) is 10.4. The summed E-state index contributed by atoms with van der Waals surface area (Å²) in [4.78, 5) is 9.83. The third-order valence-corrected chi connectivity index (χ3v) is 3.18. The van der Waals surface area contributed by atoms with Gasteiger partial charge in [0.15, 0.2) is 0 Å². The van der Waals surface area contributed by atoms with Gasteiger partial charge in [-0.3, -0.25) is 10.1 Å². The fraction of sp³-hybridized carbons (Fsp3) is 0.222. The Balaban J connectivity index is 2.80. The molecular weight excluding hydrogens is 232 g/mol. The lowest BCUT2D eigenvalue weighted by Gasteiger charge is -2.03. The van der Waals surface area contributed by atoms with Crippen molar-refractivity contribution >= 4 is 15.7 Å². The minimum absolute atomic E-state index is 0.0636. The molecule has 0 atom stereocenters. The number of hydrogen-bond acceptors (Lipinski definition) is 4. The molecule has 16 heavy (non-hydrogen) atoms. The molecule has 0 saturated heterocycles. The van der Waals surface area contributed by atoms with Crippen LogP contribution < -0.4 is 4.72 Å². The van der Waals surface area contributed by atoms with E-state index in [-0.39, 0.29) is 18.0 Å². The van der Waals surface area contributed by atoms with Gasteiger partial charge >= 0.3 is 0 Å². The Hall–Kier alpha value is -1.47. The van der Waals surface area contributed by atoms with Gasteiger partial charge in [0.25, 0.3) is 5.69 Å². The van der Waals surface area contributed by atoms with Crippen molar-refractivity contribution in [3.8, 4) is 0 Å². The molecule has 0 amide bonds. The zero-order chi connectivity index (χ0) is 12.2. The summed E-state index contributed by atoms with van der Waals surface area (Å²) in [7, 11) is -3.40. The van der Waals surface area contributed by atoms with E-state index in [1.165, 1.54) is 24.3 Å². The number of non-ortho nitro benzene ring substituents is 1. The topological polar surface area (TPSA) is 89.3 Å². The molecule has 6 nitrogen and oxygen atoms in total. The minimum atomic E-state index is -3.40. The molecule has 0 bridgehead atoms. The van der Waals surface area contributed by atoms with E-state index in [0.29, 0.717) is 5.56 Å². The first-order valence-electron chi connectivity index (χ1n) is 4.44. The smallest absolute Gasteiger partial charge is 0.258 e. The number of hydrogen-bond donors (Lipinski definition) is 1. The molecule has 1 aromatic rings. The maximum absolute atomic E-state index is 11.3. The average molecular weight is 243 g/mol. The molecule has 0 heterocycles. The van der Waals surface area contributed by atoms with Crippen LogP contribution in [-0.2, 0) is 15.8 Å². The average Bonchev–Trinajstić information content (AvgIpc) is 2.17. The third kappa shape index (κ3) is 3.59. The first-order valence-corrected chi connectivity index (χ1v) is 6.10. The molecule has 1 aromatic carbocycles. The molecule has 0 unspecified atom stereocenters. The van der Waals surface area contributed by atoms with Gasteiger partial charge in [-0.05, 0) is 12.5 Å². The van der Waals surface area contributed by atoms with Gasteiger partial charge in [0.1, 0.15) is 0 Å². The second kappa shape index (κ2) is 5.04. The van der Waals surface area contributed by atoms with Crippen LogP contribution in [0.1, 0.15) is 5.56 Å². The van der Waals surface area contributed by atoms with E-state index in [4.69, 9.17) is 0 Å². The molecule has 1 N–H and O–H groups in total. The summed E-state index contributed by atoms with van der Waals surface area (Å²) in [6.45, 7) is 3.45. The molecule has 1 rings (SSSR count). The van der Waals surface area contributed by atoms with Crippen LogP contribution >= 0.6 is 0 Å². The van der Waals surface area contributed by atoms with Crippen LogP contribution in [0, 0.1) is 17.0 Å². The predicted octanol–water partition coefficient (Wildman–Crippen LogP) is 0.848. The molecule has 0 aliphatic rings. The van der Waals surface area contributed by atoms with E-state index in [9.17, 15) is 18.5 Å². The monoisotopic (exact) mass is 243 g/mol. The summed E-state index contributed by atoms with van der Waals surface area (Å²) < 4.78 is 24.9. The largest absolute Gasteiger partial charge is 0.269 e. The molecule has 0 aromatic heterocycles. The number of nitrogens with zero attached hydrogens (tertiary/aromatic N) is 1. The zero-order valence-corrected chi connectivity index (χ0v) is 9.24. The van der Waals surface area contributed by atoms with E-state index < -0.39 is 14.9 Å². The predicted molar refractivity (Wildman–Crippen MR) is 59.1 cm³/mol. The van der Waals surface area contributed by atoms with Crippen LogP contribution in [0.4, 0.5) is 5.69 Å². The molecule has 0 saturated carbocycles. The van der Waals surface area contributed by atoms with Crippen LogP contribution in [0.15, 0.2) is 24.3 Å². The zero-order valence-electron chi connectivity index (χ0n) is 8.42. The van der Waals surface area contributed by atoms with E-state index in [1.54, 1.807) is 0 Å². The number of nitro benzene ring substituents is 1. The number of nitrogens with one attached hydrogen (secondary N) is 1. The van der Waals surface area contributed by atoms with E-state index in [1.807, 2.05) is 0 Å². The number of sulfonamides is 1. The van der Waals surface area contributed by atoms with Crippen LogP contribution in [0.2, 0.25) is 0 Å². The van der Waals surface area contributed by atoms with Gasteiger partial charge < -0.3 is 0 Å². The summed E-state index contributed by atoms with van der Waals surface area (Å²) in [6, 6.07) is 5.38. The maximum Gasteiger partial charge on any atom is 0.269 e. The highest BCUT2D eigenvalue weighted by atomic mass is 32.2. The third-order valence-electron chi connectivity index (χ3n) is 1.83. The molecule has 87 valence electrons. The van der Waals surface area contributed by atoms with Gasteiger partial charge in [-0.2, -0.15) is 0 Å². The lowest BCUT2D eigenvalue weighted by molar-refractivity contribution is -0.384. The lowest BCUT2D eigenvalue weighted by atomic mass is 10.2. The molecular formula is C9H11N2O4S. The minimum Gasteiger partial charge on any atom is -0.258 e. The highest BCUT2D eigenvalue weighted by molar-refractivity contribution is 7.88. The van der Waals surface area contributed by atoms with E-state index >= 15 is 0 Å². The Kier molecular flexibility index (Phi) is 3.97. The first-order chi connectivity index (χ1) is 7.44. The van der Waals surface area contributed by atoms with Gasteiger partial charge in [0.2, 0.25) is 10.0 Å². The second-order valence-corrected chi connectivity index (χ2v) is 4.88. The van der Waals surface area contributed by atoms with Crippen molar-refractivity contribution < 1.29 is 13.3 Å². The van der Waals surface area contributed by atoms with Gasteiger partial charge in [-0.15, -0.1) is 0 Å². The van der Waals surface area contributed by atoms with Crippen molar-refractivity contribution in [2.45, 2.75) is 5.75 Å². The van der Waals surface area contributed by atoms with Gasteiger partial charge in [-0.1, -0.05) is 12.1 Å². The van der Waals surface area contributed by atoms with Crippen molar-refractivity contribution in [3.63, 3.8) is 0 Å². The summed E-state index contributed by atoms with van der Waals surface area (Å²) >= 11 is 0. The van der Waals surface area contributed by atoms with Crippen molar-refractivity contribution in [2.24, 2.45) is 0 Å². The summed E-state index contributed by atoms with van der Waals surface area (Å²) in [6.07, 6.45) is 0. The Morgan fingerprint density at radius 2 is 1.88 bits per heavy atom. The SMILES string of the molecule is [CH2]CNS(=O)(=O)Cc1ccc([N+](=O)[O-])cc1. The Labute approximate surface area is 93.5 Å². The number of nitro groups is 1. The standard InChI is InChI=1S/C9H11N2O4S/c1-2-10-16(14,15)7-8-3-5-9(6-4-8)11(12)13/h3-6,10H,1-2,7H2. The maximum atomic E-state index is 11.3. The number of benzene rings is 1. The van der Waals surface area contributed by atoms with Crippen LogP contribution in [0.5, 0.6) is 0 Å². The fourth-order valence-corrected chi connectivity index (χ4v) is 2.18. The molecule has 1 radical (unpaired) electrons. The van der Waals surface area contributed by atoms with Crippen molar-refractivity contribution in [2.75, 3.05) is 6.54 Å². The highest BCUT2D eigenvalue weighted by Crippen LogP contribution is 2.13. The van der Waals surface area contributed by atoms with Crippen molar-refractivity contribution in [1.82, 2.24) is 4.72 Å². The Morgan fingerprint density at radius 1 is 1.31 bits per heavy atom. The molecule has 0 aliphatic heterocycles. The number of rotatable bonds is 5. The van der Waals surface area contributed by atoms with E-state index in [0.717, 1.165) is 0 Å². The Bertz CT molecular complexity index is 467. The van der Waals surface area contributed by atoms with Crippen molar-refractivity contribution in [1.29, 1.82) is 0 Å². The molecule has 0 fully saturated rings. The van der Waals surface area contributed by atoms with Gasteiger partial charge in [-0.25, -0.2) is 13.1 Å². The quantitative estimate of drug-likeness (QED) is 0.613. The van der Waals surface area contributed by atoms with Gasteiger partial charge in [0, 0.05) is 18.7 Å². The lowest BCUT2D eigenvalue weighted by Crippen LogP contribution is -2.24.